The van der Waals surface area contributed by atoms with Gasteiger partial charge in [-0.25, -0.2) is 14.4 Å². The summed E-state index contributed by atoms with van der Waals surface area (Å²) in [6.07, 6.45) is 1.05. The van der Waals surface area contributed by atoms with Gasteiger partial charge in [-0.2, -0.15) is 0 Å². The first-order valence-corrected chi connectivity index (χ1v) is 13.3. The number of esters is 2. The average molecular weight is 543 g/mol. The zero-order valence-corrected chi connectivity index (χ0v) is 22.2. The Morgan fingerprint density at radius 3 is 2.53 bits per heavy atom. The number of thiophene rings is 1. The van der Waals surface area contributed by atoms with Crippen molar-refractivity contribution >= 4 is 40.7 Å². The van der Waals surface area contributed by atoms with Gasteiger partial charge in [0.25, 0.3) is 5.69 Å². The average Bonchev–Trinajstić information content (AvgIpc) is 3.41. The SMILES string of the molecule is CCOC(=O)C1=C(COC(=O)c2ccc(N3C[C@@H](C)C[C@H](C)C3)c([N+](=O)[O-])c2)NC(=O)N[C@H]1c1cccs1. The van der Waals surface area contributed by atoms with Crippen LogP contribution in [0.2, 0.25) is 0 Å². The Bertz CT molecular complexity index is 1250. The molecule has 1 aromatic carbocycles. The summed E-state index contributed by atoms with van der Waals surface area (Å²) in [4.78, 5) is 52.1. The molecular formula is C26H30N4O7S. The summed E-state index contributed by atoms with van der Waals surface area (Å²) in [5.41, 5.74) is 0.478. The maximum Gasteiger partial charge on any atom is 0.338 e. The molecule has 0 spiro atoms. The Balaban J connectivity index is 1.58. The molecule has 1 saturated heterocycles. The van der Waals surface area contributed by atoms with Gasteiger partial charge in [0.05, 0.1) is 34.4 Å². The van der Waals surface area contributed by atoms with Crippen LogP contribution in [0.3, 0.4) is 0 Å². The molecule has 0 radical (unpaired) electrons. The number of hydrogen-bond acceptors (Lipinski definition) is 9. The number of nitrogens with one attached hydrogen (secondary N) is 2. The number of hydrogen-bond donors (Lipinski definition) is 2. The van der Waals surface area contributed by atoms with Crippen LogP contribution in [0.5, 0.6) is 0 Å². The van der Waals surface area contributed by atoms with Gasteiger partial charge in [-0.15, -0.1) is 11.3 Å². The Morgan fingerprint density at radius 1 is 1.16 bits per heavy atom. The molecule has 3 atom stereocenters. The van der Waals surface area contributed by atoms with Crippen LogP contribution in [0, 0.1) is 22.0 Å². The smallest absolute Gasteiger partial charge is 0.338 e. The van der Waals surface area contributed by atoms with Gasteiger partial charge in [-0.1, -0.05) is 19.9 Å². The quantitative estimate of drug-likeness (QED) is 0.288. The standard InChI is InChI=1S/C26H30N4O7S/c1-4-36-25(32)22-18(27-26(33)28-23(22)21-6-5-9-38-21)14-37-24(31)17-7-8-19(20(11-17)30(34)35)29-12-15(2)10-16(3)13-29/h5-9,11,15-16,23H,4,10,12-14H2,1-3H3,(H2,27,28,33)/t15-,16-,23-/m0/s1. The molecule has 2 aliphatic heterocycles. The first-order valence-electron chi connectivity index (χ1n) is 12.4. The number of benzene rings is 1. The molecule has 0 saturated carbocycles. The number of rotatable bonds is 8. The highest BCUT2D eigenvalue weighted by molar-refractivity contribution is 7.10. The summed E-state index contributed by atoms with van der Waals surface area (Å²) in [6, 6.07) is 6.50. The molecule has 3 heterocycles. The van der Waals surface area contributed by atoms with Crippen molar-refractivity contribution in [2.75, 3.05) is 31.2 Å². The second-order valence-electron chi connectivity index (χ2n) is 9.55. The monoisotopic (exact) mass is 542 g/mol. The molecule has 2 N–H and O–H groups in total. The fourth-order valence-corrected chi connectivity index (χ4v) is 5.78. The zero-order valence-electron chi connectivity index (χ0n) is 21.4. The predicted molar refractivity (Wildman–Crippen MR) is 141 cm³/mol. The van der Waals surface area contributed by atoms with E-state index < -0.39 is 35.5 Å². The van der Waals surface area contributed by atoms with Gasteiger partial charge in [0, 0.05) is 24.0 Å². The van der Waals surface area contributed by atoms with Crippen LogP contribution in [-0.4, -0.2) is 49.2 Å². The lowest BCUT2D eigenvalue weighted by Gasteiger charge is -2.36. The topological polar surface area (TPSA) is 140 Å². The predicted octanol–water partition coefficient (Wildman–Crippen LogP) is 4.17. The van der Waals surface area contributed by atoms with E-state index in [2.05, 4.69) is 24.5 Å². The van der Waals surface area contributed by atoms with E-state index in [1.165, 1.54) is 23.5 Å². The van der Waals surface area contributed by atoms with E-state index in [9.17, 15) is 24.5 Å². The molecule has 12 heteroatoms. The lowest BCUT2D eigenvalue weighted by Crippen LogP contribution is -2.46. The number of carbonyl (C=O) groups is 3. The van der Waals surface area contributed by atoms with Crippen LogP contribution in [-0.2, 0) is 14.3 Å². The lowest BCUT2D eigenvalue weighted by atomic mass is 9.91. The molecular weight excluding hydrogens is 512 g/mol. The van der Waals surface area contributed by atoms with Gasteiger partial charge in [0.2, 0.25) is 0 Å². The van der Waals surface area contributed by atoms with Crippen molar-refractivity contribution in [2.45, 2.75) is 33.2 Å². The van der Waals surface area contributed by atoms with Crippen LogP contribution in [0.15, 0.2) is 47.0 Å². The van der Waals surface area contributed by atoms with Crippen molar-refractivity contribution in [1.29, 1.82) is 0 Å². The minimum absolute atomic E-state index is 0.00749. The maximum absolute atomic E-state index is 12.9. The first-order chi connectivity index (χ1) is 18.2. The highest BCUT2D eigenvalue weighted by Crippen LogP contribution is 2.34. The Hall–Kier alpha value is -3.93. The van der Waals surface area contributed by atoms with E-state index in [1.807, 2.05) is 10.3 Å². The minimum Gasteiger partial charge on any atom is -0.463 e. The molecule has 1 aromatic heterocycles. The second-order valence-corrected chi connectivity index (χ2v) is 10.5. The minimum atomic E-state index is -0.823. The molecule has 1 fully saturated rings. The number of amides is 2. The summed E-state index contributed by atoms with van der Waals surface area (Å²) in [5, 5.41) is 18.9. The van der Waals surface area contributed by atoms with Crippen molar-refractivity contribution < 1.29 is 28.8 Å². The molecule has 2 aliphatic rings. The molecule has 202 valence electrons. The van der Waals surface area contributed by atoms with E-state index in [-0.39, 0.29) is 29.1 Å². The van der Waals surface area contributed by atoms with Crippen molar-refractivity contribution in [3.63, 3.8) is 0 Å². The van der Waals surface area contributed by atoms with Gasteiger partial charge in [0.1, 0.15) is 12.3 Å². The third-order valence-electron chi connectivity index (χ3n) is 6.44. The number of ether oxygens (including phenoxy) is 2. The summed E-state index contributed by atoms with van der Waals surface area (Å²) in [5.74, 6) is -0.697. The van der Waals surface area contributed by atoms with Gasteiger partial charge in [-0.3, -0.25) is 10.1 Å². The van der Waals surface area contributed by atoms with Crippen LogP contribution in [0.1, 0.15) is 48.5 Å². The fourth-order valence-electron chi connectivity index (χ4n) is 5.00. The molecule has 0 unspecified atom stereocenters. The first kappa shape index (κ1) is 27.1. The Labute approximate surface area is 223 Å². The zero-order chi connectivity index (χ0) is 27.4. The number of carbonyl (C=O) groups excluding carboxylic acids is 3. The highest BCUT2D eigenvalue weighted by Gasteiger charge is 2.35. The number of nitro benzene ring substituents is 1. The van der Waals surface area contributed by atoms with Crippen molar-refractivity contribution in [2.24, 2.45) is 11.8 Å². The third kappa shape index (κ3) is 5.96. The summed E-state index contributed by atoms with van der Waals surface area (Å²) in [7, 11) is 0. The maximum atomic E-state index is 12.9. The molecule has 11 nitrogen and oxygen atoms in total. The number of piperidine rings is 1. The Morgan fingerprint density at radius 2 is 1.89 bits per heavy atom. The van der Waals surface area contributed by atoms with Gasteiger partial charge in [-0.05, 0) is 48.8 Å². The van der Waals surface area contributed by atoms with Gasteiger partial charge in [0.15, 0.2) is 0 Å². The second kappa shape index (κ2) is 11.6. The van der Waals surface area contributed by atoms with Crippen LogP contribution in [0.4, 0.5) is 16.2 Å². The number of anilines is 1. The highest BCUT2D eigenvalue weighted by atomic mass is 32.1. The van der Waals surface area contributed by atoms with E-state index in [0.29, 0.717) is 35.5 Å². The van der Waals surface area contributed by atoms with E-state index in [4.69, 9.17) is 9.47 Å². The van der Waals surface area contributed by atoms with Gasteiger partial charge >= 0.3 is 18.0 Å². The normalized spacial score (nSPS) is 21.4. The summed E-state index contributed by atoms with van der Waals surface area (Å²) >= 11 is 1.35. The molecule has 38 heavy (non-hydrogen) atoms. The van der Waals surface area contributed by atoms with Crippen molar-refractivity contribution in [3.05, 3.63) is 67.5 Å². The van der Waals surface area contributed by atoms with E-state index >= 15 is 0 Å². The van der Waals surface area contributed by atoms with Crippen LogP contribution >= 0.6 is 11.3 Å². The molecule has 0 aliphatic carbocycles. The van der Waals surface area contributed by atoms with Gasteiger partial charge < -0.3 is 25.0 Å². The molecule has 4 rings (SSSR count). The number of nitrogens with zero attached hydrogens (tertiary/aromatic N) is 2. The van der Waals surface area contributed by atoms with E-state index in [1.54, 1.807) is 25.1 Å². The van der Waals surface area contributed by atoms with Crippen LogP contribution in [0.25, 0.3) is 0 Å². The van der Waals surface area contributed by atoms with E-state index in [0.717, 1.165) is 6.42 Å². The fraction of sp³-hybridized carbons (Fsp3) is 0.423. The number of urea groups is 1. The molecule has 2 amide bonds. The van der Waals surface area contributed by atoms with Crippen molar-refractivity contribution in [3.8, 4) is 0 Å². The largest absolute Gasteiger partial charge is 0.463 e. The molecule has 2 aromatic rings. The van der Waals surface area contributed by atoms with Crippen LogP contribution < -0.4 is 15.5 Å². The summed E-state index contributed by atoms with van der Waals surface area (Å²) < 4.78 is 10.6. The lowest BCUT2D eigenvalue weighted by molar-refractivity contribution is -0.384. The molecule has 0 bridgehead atoms. The van der Waals surface area contributed by atoms with Crippen molar-refractivity contribution in [1.82, 2.24) is 10.6 Å². The summed E-state index contributed by atoms with van der Waals surface area (Å²) in [6.45, 7) is 6.96. The third-order valence-corrected chi connectivity index (χ3v) is 7.38. The Kier molecular flexibility index (Phi) is 8.30. The number of nitro groups is 1.